The molecule has 0 aliphatic heterocycles. The predicted octanol–water partition coefficient (Wildman–Crippen LogP) is 2.66. The average Bonchev–Trinajstić information content (AvgIpc) is 2.47. The fourth-order valence-electron chi connectivity index (χ4n) is 1.50. The fraction of sp³-hybridized carbons (Fsp3) is 0.0769. The summed E-state index contributed by atoms with van der Waals surface area (Å²) >= 11 is 0. The summed E-state index contributed by atoms with van der Waals surface area (Å²) in [6.45, 7) is 0. The van der Waals surface area contributed by atoms with Crippen LogP contribution in [0.1, 0.15) is 5.56 Å². The lowest BCUT2D eigenvalue weighted by Crippen LogP contribution is -1.94. The van der Waals surface area contributed by atoms with Gasteiger partial charge in [0.1, 0.15) is 0 Å². The van der Waals surface area contributed by atoms with E-state index in [1.807, 2.05) is 6.07 Å². The van der Waals surface area contributed by atoms with Gasteiger partial charge in [-0.3, -0.25) is 10.1 Å². The van der Waals surface area contributed by atoms with Crippen LogP contribution in [0.2, 0.25) is 0 Å². The number of rotatable bonds is 4. The Hall–Kier alpha value is -3.14. The van der Waals surface area contributed by atoms with Gasteiger partial charge in [-0.1, -0.05) is 0 Å². The molecule has 0 unspecified atom stereocenters. The summed E-state index contributed by atoms with van der Waals surface area (Å²) in [6, 6.07) is 8.93. The highest BCUT2D eigenvalue weighted by molar-refractivity contribution is 5.50. The molecule has 2 aromatic rings. The molecule has 7 nitrogen and oxygen atoms in total. The van der Waals surface area contributed by atoms with Gasteiger partial charge >= 0.3 is 0 Å². The zero-order chi connectivity index (χ0) is 14.5. The van der Waals surface area contributed by atoms with Crippen LogP contribution in [0.4, 0.5) is 5.69 Å². The molecule has 1 aromatic heterocycles. The number of hydrogen-bond donors (Lipinski definition) is 0. The Morgan fingerprint density at radius 2 is 2.10 bits per heavy atom. The van der Waals surface area contributed by atoms with Gasteiger partial charge in [-0.05, 0) is 12.1 Å². The van der Waals surface area contributed by atoms with E-state index in [0.29, 0.717) is 5.56 Å². The first-order valence-corrected chi connectivity index (χ1v) is 5.50. The van der Waals surface area contributed by atoms with E-state index < -0.39 is 4.92 Å². The molecule has 0 bridgehead atoms. The number of nitrogens with zero attached hydrogens (tertiary/aromatic N) is 3. The summed E-state index contributed by atoms with van der Waals surface area (Å²) in [4.78, 5) is 14.1. The number of methoxy groups -OCH3 is 1. The van der Waals surface area contributed by atoms with Crippen LogP contribution in [0, 0.1) is 21.4 Å². The van der Waals surface area contributed by atoms with Crippen molar-refractivity contribution in [3.05, 3.63) is 52.2 Å². The van der Waals surface area contributed by atoms with Gasteiger partial charge in [-0.15, -0.1) is 0 Å². The van der Waals surface area contributed by atoms with Crippen molar-refractivity contribution in [2.75, 3.05) is 7.11 Å². The number of nitriles is 1. The van der Waals surface area contributed by atoms with Crippen LogP contribution in [-0.2, 0) is 0 Å². The smallest absolute Gasteiger partial charge is 0.273 e. The van der Waals surface area contributed by atoms with E-state index in [9.17, 15) is 10.1 Å². The number of nitro groups is 1. The molecule has 1 heterocycles. The number of pyridine rings is 1. The predicted molar refractivity (Wildman–Crippen MR) is 68.7 cm³/mol. The molecule has 0 fully saturated rings. The topological polar surface area (TPSA) is 98.3 Å². The van der Waals surface area contributed by atoms with E-state index >= 15 is 0 Å². The van der Waals surface area contributed by atoms with Crippen LogP contribution in [-0.4, -0.2) is 17.0 Å². The number of nitro benzene ring substituents is 1. The second-order valence-electron chi connectivity index (χ2n) is 3.69. The Labute approximate surface area is 114 Å². The van der Waals surface area contributed by atoms with Gasteiger partial charge in [0.25, 0.3) is 5.69 Å². The Morgan fingerprint density at radius 3 is 2.75 bits per heavy atom. The standard InChI is InChI=1S/C13H9N3O4/c1-19-12-7-10(16(17)18)2-3-11(12)20-13-6-9(8-14)4-5-15-13/h2-7H,1H3. The first-order valence-electron chi connectivity index (χ1n) is 5.50. The number of benzene rings is 1. The molecule has 0 spiro atoms. The fourth-order valence-corrected chi connectivity index (χ4v) is 1.50. The molecular formula is C13H9N3O4. The molecule has 7 heteroatoms. The Balaban J connectivity index is 2.33. The highest BCUT2D eigenvalue weighted by Crippen LogP contribution is 2.33. The first-order chi connectivity index (χ1) is 9.63. The van der Waals surface area contributed by atoms with E-state index in [4.69, 9.17) is 14.7 Å². The van der Waals surface area contributed by atoms with Gasteiger partial charge in [0.05, 0.1) is 29.7 Å². The van der Waals surface area contributed by atoms with Crippen molar-refractivity contribution in [3.8, 4) is 23.4 Å². The summed E-state index contributed by atoms with van der Waals surface area (Å²) in [6.07, 6.45) is 1.44. The first kappa shape index (κ1) is 13.3. The van der Waals surface area contributed by atoms with Gasteiger partial charge in [0.2, 0.25) is 5.88 Å². The maximum Gasteiger partial charge on any atom is 0.273 e. The molecule has 0 amide bonds. The van der Waals surface area contributed by atoms with E-state index in [1.54, 1.807) is 6.07 Å². The second kappa shape index (κ2) is 5.67. The van der Waals surface area contributed by atoms with E-state index in [0.717, 1.165) is 0 Å². The van der Waals surface area contributed by atoms with Crippen LogP contribution in [0.5, 0.6) is 17.4 Å². The Morgan fingerprint density at radius 1 is 1.30 bits per heavy atom. The Kier molecular flexibility index (Phi) is 3.77. The Bertz CT molecular complexity index is 694. The van der Waals surface area contributed by atoms with Crippen molar-refractivity contribution < 1.29 is 14.4 Å². The number of hydrogen-bond acceptors (Lipinski definition) is 6. The third-order valence-electron chi connectivity index (χ3n) is 2.44. The molecule has 0 saturated carbocycles. The number of aromatic nitrogens is 1. The summed E-state index contributed by atoms with van der Waals surface area (Å²) in [5.41, 5.74) is 0.295. The molecular weight excluding hydrogens is 262 g/mol. The third kappa shape index (κ3) is 2.81. The van der Waals surface area contributed by atoms with Gasteiger partial charge in [0, 0.05) is 18.3 Å². The maximum atomic E-state index is 10.7. The summed E-state index contributed by atoms with van der Waals surface area (Å²) < 4.78 is 10.5. The monoisotopic (exact) mass is 271 g/mol. The minimum atomic E-state index is -0.527. The van der Waals surface area contributed by atoms with Crippen LogP contribution in [0.3, 0.4) is 0 Å². The van der Waals surface area contributed by atoms with Crippen molar-refractivity contribution in [3.63, 3.8) is 0 Å². The largest absolute Gasteiger partial charge is 0.493 e. The van der Waals surface area contributed by atoms with Crippen LogP contribution in [0.25, 0.3) is 0 Å². The molecule has 0 aliphatic rings. The minimum absolute atomic E-state index is 0.104. The zero-order valence-corrected chi connectivity index (χ0v) is 10.4. The van der Waals surface area contributed by atoms with E-state index in [2.05, 4.69) is 4.98 Å². The highest BCUT2D eigenvalue weighted by atomic mass is 16.6. The lowest BCUT2D eigenvalue weighted by Gasteiger charge is -2.09. The normalized spacial score (nSPS) is 9.60. The summed E-state index contributed by atoms with van der Waals surface area (Å²) in [5.74, 6) is 0.695. The summed E-state index contributed by atoms with van der Waals surface area (Å²) in [5, 5.41) is 19.5. The minimum Gasteiger partial charge on any atom is -0.493 e. The van der Waals surface area contributed by atoms with Crippen molar-refractivity contribution in [2.24, 2.45) is 0 Å². The lowest BCUT2D eigenvalue weighted by atomic mass is 10.2. The molecule has 1 aromatic carbocycles. The van der Waals surface area contributed by atoms with Crippen molar-refractivity contribution in [1.82, 2.24) is 4.98 Å². The van der Waals surface area contributed by atoms with Gasteiger partial charge in [0.15, 0.2) is 11.5 Å². The van der Waals surface area contributed by atoms with Crippen molar-refractivity contribution in [1.29, 1.82) is 5.26 Å². The number of ether oxygens (including phenoxy) is 2. The SMILES string of the molecule is COc1cc([N+](=O)[O-])ccc1Oc1cc(C#N)ccn1. The lowest BCUT2D eigenvalue weighted by molar-refractivity contribution is -0.384. The van der Waals surface area contributed by atoms with Gasteiger partial charge in [-0.2, -0.15) is 5.26 Å². The highest BCUT2D eigenvalue weighted by Gasteiger charge is 2.13. The van der Waals surface area contributed by atoms with Crippen molar-refractivity contribution >= 4 is 5.69 Å². The second-order valence-corrected chi connectivity index (χ2v) is 3.69. The van der Waals surface area contributed by atoms with Crippen molar-refractivity contribution in [2.45, 2.75) is 0 Å². The molecule has 20 heavy (non-hydrogen) atoms. The maximum absolute atomic E-state index is 10.7. The third-order valence-corrected chi connectivity index (χ3v) is 2.44. The molecule has 0 aliphatic carbocycles. The molecule has 100 valence electrons. The zero-order valence-electron chi connectivity index (χ0n) is 10.4. The van der Waals surface area contributed by atoms with E-state index in [1.165, 1.54) is 37.6 Å². The molecule has 2 rings (SSSR count). The quantitative estimate of drug-likeness (QED) is 0.626. The molecule has 0 saturated heterocycles. The van der Waals surface area contributed by atoms with Crippen LogP contribution < -0.4 is 9.47 Å². The average molecular weight is 271 g/mol. The summed E-state index contributed by atoms with van der Waals surface area (Å²) in [7, 11) is 1.38. The number of non-ortho nitro benzene ring substituents is 1. The van der Waals surface area contributed by atoms with Gasteiger partial charge in [-0.25, -0.2) is 4.98 Å². The molecule has 0 radical (unpaired) electrons. The van der Waals surface area contributed by atoms with Gasteiger partial charge < -0.3 is 9.47 Å². The van der Waals surface area contributed by atoms with Crippen LogP contribution in [0.15, 0.2) is 36.5 Å². The molecule has 0 N–H and O–H groups in total. The van der Waals surface area contributed by atoms with E-state index in [-0.39, 0.29) is 23.1 Å². The molecule has 0 atom stereocenters. The van der Waals surface area contributed by atoms with Crippen LogP contribution >= 0.6 is 0 Å².